The van der Waals surface area contributed by atoms with Crippen molar-refractivity contribution in [1.29, 1.82) is 0 Å². The minimum atomic E-state index is -4.26. The molecule has 3 rings (SSSR count). The van der Waals surface area contributed by atoms with Crippen molar-refractivity contribution in [3.8, 4) is 0 Å². The Morgan fingerprint density at radius 1 is 1.16 bits per heavy atom. The van der Waals surface area contributed by atoms with Gasteiger partial charge in [-0.15, -0.1) is 5.10 Å². The third-order valence-corrected chi connectivity index (χ3v) is 4.73. The largest absolute Gasteiger partial charge is 0.267 e. The molecule has 0 atom stereocenters. The van der Waals surface area contributed by atoms with Crippen LogP contribution < -0.4 is 4.72 Å². The standard InChI is InChI=1S/C16H14F2N4O2S/c1-11-3-2-4-12(7-11)9-22-10-19-16(20-22)21-25(23,24)15-6-5-13(17)8-14(15)18/h2-8,10H,9H2,1H3,(H,20,21). The summed E-state index contributed by atoms with van der Waals surface area (Å²) >= 11 is 0. The topological polar surface area (TPSA) is 76.9 Å². The summed E-state index contributed by atoms with van der Waals surface area (Å²) < 4.78 is 54.5. The summed E-state index contributed by atoms with van der Waals surface area (Å²) in [6.45, 7) is 2.36. The molecule has 0 aliphatic heterocycles. The van der Waals surface area contributed by atoms with Crippen molar-refractivity contribution >= 4 is 16.0 Å². The molecule has 0 amide bonds. The first-order valence-electron chi connectivity index (χ1n) is 7.26. The number of nitrogens with zero attached hydrogens (tertiary/aromatic N) is 3. The average molecular weight is 364 g/mol. The summed E-state index contributed by atoms with van der Waals surface area (Å²) in [5.41, 5.74) is 2.06. The van der Waals surface area contributed by atoms with E-state index in [0.29, 0.717) is 12.6 Å². The lowest BCUT2D eigenvalue weighted by Crippen LogP contribution is -2.16. The van der Waals surface area contributed by atoms with Gasteiger partial charge in [-0.05, 0) is 24.6 Å². The van der Waals surface area contributed by atoms with E-state index in [1.54, 1.807) is 0 Å². The first-order valence-corrected chi connectivity index (χ1v) is 8.75. The van der Waals surface area contributed by atoms with E-state index in [-0.39, 0.29) is 5.95 Å². The van der Waals surface area contributed by atoms with Crippen LogP contribution in [-0.4, -0.2) is 23.2 Å². The lowest BCUT2D eigenvalue weighted by Gasteiger charge is -2.06. The minimum Gasteiger partial charge on any atom is -0.246 e. The maximum absolute atomic E-state index is 13.7. The molecule has 0 aliphatic rings. The summed E-state index contributed by atoms with van der Waals surface area (Å²) in [4.78, 5) is 3.18. The number of hydrogen-bond donors (Lipinski definition) is 1. The SMILES string of the molecule is Cc1cccc(Cn2cnc(NS(=O)(=O)c3ccc(F)cc3F)n2)c1. The van der Waals surface area contributed by atoms with Crippen LogP contribution in [0, 0.1) is 18.6 Å². The number of rotatable bonds is 5. The number of aromatic nitrogens is 3. The Kier molecular flexibility index (Phi) is 4.49. The number of benzene rings is 2. The summed E-state index contributed by atoms with van der Waals surface area (Å²) in [7, 11) is -4.26. The van der Waals surface area contributed by atoms with Crippen molar-refractivity contribution < 1.29 is 17.2 Å². The molecule has 3 aromatic rings. The molecule has 1 aromatic heterocycles. The molecule has 6 nitrogen and oxygen atoms in total. The van der Waals surface area contributed by atoms with Crippen LogP contribution in [0.2, 0.25) is 0 Å². The molecule has 0 unspecified atom stereocenters. The quantitative estimate of drug-likeness (QED) is 0.755. The van der Waals surface area contributed by atoms with Crippen LogP contribution in [0.25, 0.3) is 0 Å². The molecule has 0 spiro atoms. The molecule has 0 radical (unpaired) electrons. The Balaban J connectivity index is 1.78. The third kappa shape index (κ3) is 4.00. The summed E-state index contributed by atoms with van der Waals surface area (Å²) in [5, 5.41) is 4.01. The van der Waals surface area contributed by atoms with Crippen LogP contribution in [0.3, 0.4) is 0 Å². The van der Waals surface area contributed by atoms with Crippen LogP contribution in [0.5, 0.6) is 0 Å². The van der Waals surface area contributed by atoms with E-state index in [1.807, 2.05) is 31.2 Å². The lowest BCUT2D eigenvalue weighted by molar-refractivity contribution is 0.551. The highest BCUT2D eigenvalue weighted by atomic mass is 32.2. The van der Waals surface area contributed by atoms with E-state index in [4.69, 9.17) is 0 Å². The van der Waals surface area contributed by atoms with Gasteiger partial charge in [0.25, 0.3) is 16.0 Å². The van der Waals surface area contributed by atoms with Gasteiger partial charge in [-0.1, -0.05) is 29.8 Å². The number of hydrogen-bond acceptors (Lipinski definition) is 4. The molecular formula is C16H14F2N4O2S. The monoisotopic (exact) mass is 364 g/mol. The van der Waals surface area contributed by atoms with Crippen molar-refractivity contribution in [2.75, 3.05) is 4.72 Å². The number of sulfonamides is 1. The predicted molar refractivity (Wildman–Crippen MR) is 87.5 cm³/mol. The van der Waals surface area contributed by atoms with Crippen LogP contribution in [-0.2, 0) is 16.6 Å². The Hall–Kier alpha value is -2.81. The van der Waals surface area contributed by atoms with Gasteiger partial charge >= 0.3 is 0 Å². The molecule has 130 valence electrons. The van der Waals surface area contributed by atoms with E-state index in [2.05, 4.69) is 14.8 Å². The van der Waals surface area contributed by atoms with Crippen LogP contribution >= 0.6 is 0 Å². The Bertz CT molecular complexity index is 1020. The van der Waals surface area contributed by atoms with Crippen LogP contribution in [0.4, 0.5) is 14.7 Å². The fraction of sp³-hybridized carbons (Fsp3) is 0.125. The van der Waals surface area contributed by atoms with Crippen molar-refractivity contribution in [3.05, 3.63) is 71.6 Å². The van der Waals surface area contributed by atoms with Gasteiger partial charge in [0, 0.05) is 6.07 Å². The fourth-order valence-corrected chi connectivity index (χ4v) is 3.29. The maximum atomic E-state index is 13.7. The van der Waals surface area contributed by atoms with Crippen molar-refractivity contribution in [2.45, 2.75) is 18.4 Å². The lowest BCUT2D eigenvalue weighted by atomic mass is 10.1. The van der Waals surface area contributed by atoms with E-state index in [0.717, 1.165) is 23.3 Å². The molecule has 0 aliphatic carbocycles. The van der Waals surface area contributed by atoms with Gasteiger partial charge in [-0.3, -0.25) is 0 Å². The molecule has 25 heavy (non-hydrogen) atoms. The number of nitrogens with one attached hydrogen (secondary N) is 1. The second-order valence-electron chi connectivity index (χ2n) is 5.44. The number of halogens is 2. The first kappa shape index (κ1) is 17.0. The zero-order valence-corrected chi connectivity index (χ0v) is 14.0. The van der Waals surface area contributed by atoms with E-state index in [9.17, 15) is 17.2 Å². The van der Waals surface area contributed by atoms with Gasteiger partial charge in [-0.2, -0.15) is 4.98 Å². The Morgan fingerprint density at radius 2 is 1.96 bits per heavy atom. The van der Waals surface area contributed by atoms with Crippen molar-refractivity contribution in [3.63, 3.8) is 0 Å². The van der Waals surface area contributed by atoms with E-state index < -0.39 is 26.6 Å². The smallest absolute Gasteiger partial charge is 0.246 e. The molecule has 1 N–H and O–H groups in total. The van der Waals surface area contributed by atoms with Gasteiger partial charge in [0.05, 0.1) is 6.54 Å². The average Bonchev–Trinajstić information content (AvgIpc) is 2.93. The summed E-state index contributed by atoms with van der Waals surface area (Å²) in [5.74, 6) is -2.25. The molecule has 0 saturated carbocycles. The van der Waals surface area contributed by atoms with Crippen molar-refractivity contribution in [2.24, 2.45) is 0 Å². The number of aryl methyl sites for hydroxylation is 1. The van der Waals surface area contributed by atoms with Gasteiger partial charge in [0.2, 0.25) is 0 Å². The van der Waals surface area contributed by atoms with Crippen LogP contribution in [0.15, 0.2) is 53.7 Å². The molecule has 0 fully saturated rings. The molecule has 9 heteroatoms. The molecule has 0 saturated heterocycles. The van der Waals surface area contributed by atoms with Gasteiger partial charge < -0.3 is 0 Å². The van der Waals surface area contributed by atoms with Gasteiger partial charge in [-0.25, -0.2) is 26.6 Å². The molecule has 1 heterocycles. The van der Waals surface area contributed by atoms with Gasteiger partial charge in [0.1, 0.15) is 22.9 Å². The number of anilines is 1. The molecule has 0 bridgehead atoms. The Morgan fingerprint density at radius 3 is 2.68 bits per heavy atom. The third-order valence-electron chi connectivity index (χ3n) is 3.37. The predicted octanol–water partition coefficient (Wildman–Crippen LogP) is 2.71. The zero-order valence-electron chi connectivity index (χ0n) is 13.1. The summed E-state index contributed by atoms with van der Waals surface area (Å²) in [6.07, 6.45) is 1.36. The fourth-order valence-electron chi connectivity index (χ4n) is 2.28. The highest BCUT2D eigenvalue weighted by molar-refractivity contribution is 7.92. The van der Waals surface area contributed by atoms with Crippen molar-refractivity contribution in [1.82, 2.24) is 14.8 Å². The Labute approximate surface area is 143 Å². The minimum absolute atomic E-state index is 0.198. The second kappa shape index (κ2) is 6.60. The molecular weight excluding hydrogens is 350 g/mol. The first-order chi connectivity index (χ1) is 11.8. The van der Waals surface area contributed by atoms with E-state index >= 15 is 0 Å². The highest BCUT2D eigenvalue weighted by Gasteiger charge is 2.21. The van der Waals surface area contributed by atoms with Gasteiger partial charge in [0.15, 0.2) is 0 Å². The molecule has 2 aromatic carbocycles. The van der Waals surface area contributed by atoms with E-state index in [1.165, 1.54) is 11.0 Å². The normalized spacial score (nSPS) is 11.5. The second-order valence-corrected chi connectivity index (χ2v) is 7.09. The van der Waals surface area contributed by atoms with Crippen LogP contribution in [0.1, 0.15) is 11.1 Å². The zero-order chi connectivity index (χ0) is 18.0. The summed E-state index contributed by atoms with van der Waals surface area (Å²) in [6, 6.07) is 9.95. The highest BCUT2D eigenvalue weighted by Crippen LogP contribution is 2.18. The maximum Gasteiger partial charge on any atom is 0.267 e.